The van der Waals surface area contributed by atoms with Gasteiger partial charge in [-0.05, 0) is 37.9 Å². The van der Waals surface area contributed by atoms with Gasteiger partial charge in [-0.1, -0.05) is 37.3 Å². The molecule has 88 valence electrons. The van der Waals surface area contributed by atoms with Gasteiger partial charge in [-0.25, -0.2) is 0 Å². The van der Waals surface area contributed by atoms with Crippen molar-refractivity contribution in [1.29, 1.82) is 0 Å². The van der Waals surface area contributed by atoms with Crippen LogP contribution in [0.5, 0.6) is 0 Å². The molecule has 2 heteroatoms. The summed E-state index contributed by atoms with van der Waals surface area (Å²) in [6.45, 7) is 4.03. The smallest absolute Gasteiger partial charge is 0.0740 e. The van der Waals surface area contributed by atoms with Crippen molar-refractivity contribution in [2.24, 2.45) is 0 Å². The fourth-order valence-electron chi connectivity index (χ4n) is 2.82. The minimum Gasteiger partial charge on any atom is -0.389 e. The average molecular weight is 219 g/mol. The Morgan fingerprint density at radius 2 is 1.88 bits per heavy atom. The van der Waals surface area contributed by atoms with Crippen LogP contribution in [-0.4, -0.2) is 23.8 Å². The second-order valence-electron chi connectivity index (χ2n) is 4.73. The van der Waals surface area contributed by atoms with E-state index < -0.39 is 5.60 Å². The first-order chi connectivity index (χ1) is 7.76. The van der Waals surface area contributed by atoms with Crippen LogP contribution in [0.15, 0.2) is 30.3 Å². The summed E-state index contributed by atoms with van der Waals surface area (Å²) >= 11 is 0. The van der Waals surface area contributed by atoms with Gasteiger partial charge < -0.3 is 10.4 Å². The summed E-state index contributed by atoms with van der Waals surface area (Å²) in [5, 5.41) is 14.1. The van der Waals surface area contributed by atoms with Gasteiger partial charge in [0.2, 0.25) is 0 Å². The molecule has 1 heterocycles. The second kappa shape index (κ2) is 4.98. The Bertz CT molecular complexity index is 317. The maximum absolute atomic E-state index is 10.7. The van der Waals surface area contributed by atoms with Crippen molar-refractivity contribution in [3.05, 3.63) is 35.9 Å². The Labute approximate surface area is 97.7 Å². The SMILES string of the molecule is CCC(c1ccccc1)C1(O)CCNCC1. The molecular formula is C14H21NO. The van der Waals surface area contributed by atoms with E-state index in [1.54, 1.807) is 0 Å². The first-order valence-electron chi connectivity index (χ1n) is 6.24. The maximum atomic E-state index is 10.7. The van der Waals surface area contributed by atoms with Crippen molar-refractivity contribution < 1.29 is 5.11 Å². The van der Waals surface area contributed by atoms with Crippen molar-refractivity contribution in [1.82, 2.24) is 5.32 Å². The predicted octanol–water partition coefficient (Wildman–Crippen LogP) is 2.29. The monoisotopic (exact) mass is 219 g/mol. The zero-order chi connectivity index (χ0) is 11.4. The van der Waals surface area contributed by atoms with Crippen LogP contribution in [0.1, 0.15) is 37.7 Å². The van der Waals surface area contributed by atoms with Gasteiger partial charge in [0.05, 0.1) is 5.60 Å². The lowest BCUT2D eigenvalue weighted by molar-refractivity contribution is -0.0169. The molecule has 0 aliphatic carbocycles. The lowest BCUT2D eigenvalue weighted by atomic mass is 9.75. The Kier molecular flexibility index (Phi) is 3.62. The summed E-state index contributed by atoms with van der Waals surface area (Å²) in [6, 6.07) is 10.4. The third-order valence-electron chi connectivity index (χ3n) is 3.73. The fourth-order valence-corrected chi connectivity index (χ4v) is 2.82. The highest BCUT2D eigenvalue weighted by Crippen LogP contribution is 2.37. The van der Waals surface area contributed by atoms with Crippen molar-refractivity contribution >= 4 is 0 Å². The van der Waals surface area contributed by atoms with E-state index in [0.717, 1.165) is 32.4 Å². The highest BCUT2D eigenvalue weighted by Gasteiger charge is 2.37. The second-order valence-corrected chi connectivity index (χ2v) is 4.73. The predicted molar refractivity (Wildman–Crippen MR) is 66.5 cm³/mol. The molecule has 1 unspecified atom stereocenters. The lowest BCUT2D eigenvalue weighted by Gasteiger charge is -2.39. The Morgan fingerprint density at radius 1 is 1.25 bits per heavy atom. The summed E-state index contributed by atoms with van der Waals surface area (Å²) in [6.07, 6.45) is 2.72. The molecule has 2 nitrogen and oxygen atoms in total. The zero-order valence-corrected chi connectivity index (χ0v) is 9.95. The quantitative estimate of drug-likeness (QED) is 0.817. The van der Waals surface area contributed by atoms with Gasteiger partial charge in [0.1, 0.15) is 0 Å². The van der Waals surface area contributed by atoms with Gasteiger partial charge in [-0.15, -0.1) is 0 Å². The number of nitrogens with one attached hydrogen (secondary N) is 1. The van der Waals surface area contributed by atoms with Crippen LogP contribution in [0.4, 0.5) is 0 Å². The summed E-state index contributed by atoms with van der Waals surface area (Å²) in [7, 11) is 0. The fraction of sp³-hybridized carbons (Fsp3) is 0.571. The van der Waals surface area contributed by atoms with E-state index in [0.29, 0.717) is 0 Å². The number of piperidine rings is 1. The van der Waals surface area contributed by atoms with Gasteiger partial charge in [0.15, 0.2) is 0 Å². The molecule has 1 aromatic rings. The molecule has 0 spiro atoms. The topological polar surface area (TPSA) is 32.3 Å². The summed E-state index contributed by atoms with van der Waals surface area (Å²) in [4.78, 5) is 0. The number of benzene rings is 1. The summed E-state index contributed by atoms with van der Waals surface area (Å²) < 4.78 is 0. The molecule has 1 fully saturated rings. The first-order valence-corrected chi connectivity index (χ1v) is 6.24. The van der Waals surface area contributed by atoms with Gasteiger partial charge >= 0.3 is 0 Å². The molecule has 0 amide bonds. The van der Waals surface area contributed by atoms with E-state index in [9.17, 15) is 5.11 Å². The highest BCUT2D eigenvalue weighted by molar-refractivity contribution is 5.23. The molecule has 1 aliphatic heterocycles. The molecule has 2 N–H and O–H groups in total. The van der Waals surface area contributed by atoms with Crippen LogP contribution in [0, 0.1) is 0 Å². The maximum Gasteiger partial charge on any atom is 0.0740 e. The molecule has 16 heavy (non-hydrogen) atoms. The van der Waals surface area contributed by atoms with Crippen molar-refractivity contribution in [2.45, 2.75) is 37.7 Å². The van der Waals surface area contributed by atoms with Gasteiger partial charge in [0.25, 0.3) is 0 Å². The van der Waals surface area contributed by atoms with E-state index >= 15 is 0 Å². The van der Waals surface area contributed by atoms with Crippen LogP contribution >= 0.6 is 0 Å². The Hall–Kier alpha value is -0.860. The molecule has 0 saturated carbocycles. The normalized spacial score (nSPS) is 21.6. The molecule has 1 saturated heterocycles. The molecule has 1 aliphatic rings. The van der Waals surface area contributed by atoms with Crippen LogP contribution in [0.2, 0.25) is 0 Å². The van der Waals surface area contributed by atoms with Gasteiger partial charge in [-0.3, -0.25) is 0 Å². The summed E-state index contributed by atoms with van der Waals surface area (Å²) in [5.74, 6) is 0.274. The van der Waals surface area contributed by atoms with Crippen molar-refractivity contribution in [3.63, 3.8) is 0 Å². The Morgan fingerprint density at radius 3 is 2.44 bits per heavy atom. The van der Waals surface area contributed by atoms with E-state index in [4.69, 9.17) is 0 Å². The first kappa shape index (κ1) is 11.6. The molecular weight excluding hydrogens is 198 g/mol. The number of aliphatic hydroxyl groups is 1. The standard InChI is InChI=1S/C14H21NO/c1-2-13(12-6-4-3-5-7-12)14(16)8-10-15-11-9-14/h3-7,13,15-16H,2,8-11H2,1H3. The molecule has 0 radical (unpaired) electrons. The third kappa shape index (κ3) is 2.28. The van der Waals surface area contributed by atoms with Crippen molar-refractivity contribution in [3.8, 4) is 0 Å². The third-order valence-corrected chi connectivity index (χ3v) is 3.73. The van der Waals surface area contributed by atoms with Gasteiger partial charge in [0, 0.05) is 5.92 Å². The van der Waals surface area contributed by atoms with E-state index in [1.165, 1.54) is 5.56 Å². The van der Waals surface area contributed by atoms with Crippen LogP contribution < -0.4 is 5.32 Å². The van der Waals surface area contributed by atoms with E-state index in [2.05, 4.69) is 36.5 Å². The van der Waals surface area contributed by atoms with Crippen molar-refractivity contribution in [2.75, 3.05) is 13.1 Å². The molecule has 1 atom stereocenters. The minimum atomic E-state index is -0.513. The van der Waals surface area contributed by atoms with Crippen LogP contribution in [0.25, 0.3) is 0 Å². The minimum absolute atomic E-state index is 0.274. The van der Waals surface area contributed by atoms with E-state index in [1.807, 2.05) is 6.07 Å². The highest BCUT2D eigenvalue weighted by atomic mass is 16.3. The average Bonchev–Trinajstić information content (AvgIpc) is 2.32. The zero-order valence-electron chi connectivity index (χ0n) is 9.95. The molecule has 2 rings (SSSR count). The molecule has 0 aromatic heterocycles. The number of rotatable bonds is 3. The lowest BCUT2D eigenvalue weighted by Crippen LogP contribution is -2.46. The molecule has 1 aromatic carbocycles. The van der Waals surface area contributed by atoms with Crippen LogP contribution in [0.3, 0.4) is 0 Å². The number of hydrogen-bond acceptors (Lipinski definition) is 2. The van der Waals surface area contributed by atoms with Crippen LogP contribution in [-0.2, 0) is 0 Å². The molecule has 0 bridgehead atoms. The van der Waals surface area contributed by atoms with Gasteiger partial charge in [-0.2, -0.15) is 0 Å². The largest absolute Gasteiger partial charge is 0.389 e. The number of hydrogen-bond donors (Lipinski definition) is 2. The Balaban J connectivity index is 2.21. The van der Waals surface area contributed by atoms with E-state index in [-0.39, 0.29) is 5.92 Å². The summed E-state index contributed by atoms with van der Waals surface area (Å²) in [5.41, 5.74) is 0.760.